The molecule has 0 unspecified atom stereocenters. The van der Waals surface area contributed by atoms with Crippen LogP contribution in [-0.4, -0.2) is 32.6 Å². The van der Waals surface area contributed by atoms with E-state index in [1.165, 1.54) is 4.57 Å². The summed E-state index contributed by atoms with van der Waals surface area (Å²) in [6.45, 7) is -0.0699. The van der Waals surface area contributed by atoms with Crippen molar-refractivity contribution in [2.24, 2.45) is 0 Å². The molecule has 2 heterocycles. The minimum Gasteiger partial charge on any atom is -0.394 e. The van der Waals surface area contributed by atoms with Crippen molar-refractivity contribution in [3.63, 3.8) is 0 Å². The zero-order valence-electron chi connectivity index (χ0n) is 11.8. The van der Waals surface area contributed by atoms with Gasteiger partial charge in [-0.25, -0.2) is 4.79 Å². The summed E-state index contributed by atoms with van der Waals surface area (Å²) in [5, 5.41) is 9.39. The largest absolute Gasteiger partial charge is 0.394 e. The molecule has 3 atom stereocenters. The minimum absolute atomic E-state index is 0.0164. The fourth-order valence-corrected chi connectivity index (χ4v) is 3.76. The van der Waals surface area contributed by atoms with Gasteiger partial charge in [0, 0.05) is 11.1 Å². The van der Waals surface area contributed by atoms with Crippen LogP contribution in [0.3, 0.4) is 0 Å². The van der Waals surface area contributed by atoms with Gasteiger partial charge in [0.25, 0.3) is 0 Å². The van der Waals surface area contributed by atoms with Crippen molar-refractivity contribution in [2.45, 2.75) is 28.9 Å². The number of aliphatic hydroxyl groups is 1. The maximum Gasteiger partial charge on any atom is 0.351 e. The molecule has 1 aliphatic heterocycles. The van der Waals surface area contributed by atoms with Crippen LogP contribution in [0, 0.1) is 0 Å². The molecule has 1 saturated heterocycles. The van der Waals surface area contributed by atoms with Gasteiger partial charge >= 0.3 is 5.69 Å². The molecule has 0 aliphatic carbocycles. The maximum atomic E-state index is 12.0. The average molecular weight is 319 g/mol. The molecule has 0 spiro atoms. The Morgan fingerprint density at radius 2 is 2.14 bits per heavy atom. The lowest BCUT2D eigenvalue weighted by molar-refractivity contribution is -0.0233. The van der Waals surface area contributed by atoms with E-state index in [0.717, 1.165) is 4.90 Å². The Kier molecular flexibility index (Phi) is 4.47. The number of ether oxygens (including phenoxy) is 1. The molecule has 3 N–H and O–H groups in total. The van der Waals surface area contributed by atoms with Gasteiger partial charge in [0.05, 0.1) is 18.0 Å². The van der Waals surface area contributed by atoms with Crippen molar-refractivity contribution >= 4 is 17.6 Å². The first-order valence-electron chi connectivity index (χ1n) is 7.00. The van der Waals surface area contributed by atoms with Crippen LogP contribution in [-0.2, 0) is 4.74 Å². The van der Waals surface area contributed by atoms with Crippen LogP contribution in [0.15, 0.2) is 52.3 Å². The molecule has 0 saturated carbocycles. The van der Waals surface area contributed by atoms with Gasteiger partial charge in [-0.15, -0.1) is 11.8 Å². The van der Waals surface area contributed by atoms with E-state index in [-0.39, 0.29) is 23.8 Å². The van der Waals surface area contributed by atoms with Gasteiger partial charge in [0.15, 0.2) is 6.23 Å². The van der Waals surface area contributed by atoms with Crippen molar-refractivity contribution in [3.05, 3.63) is 53.1 Å². The molecule has 7 heteroatoms. The van der Waals surface area contributed by atoms with Crippen LogP contribution in [0.2, 0.25) is 0 Å². The Morgan fingerprint density at radius 3 is 2.82 bits per heavy atom. The van der Waals surface area contributed by atoms with Crippen molar-refractivity contribution in [3.8, 4) is 0 Å². The Balaban J connectivity index is 1.88. The van der Waals surface area contributed by atoms with E-state index < -0.39 is 11.9 Å². The number of thioether (sulfide) groups is 1. The number of aliphatic hydroxyl groups excluding tert-OH is 1. The molecule has 1 aromatic carbocycles. The standard InChI is InChI=1S/C15H17N3O3S/c16-13-6-7-18(15(20)17-13)14-12(8-10(9-19)21-14)22-11-4-2-1-3-5-11/h1-7,10,12,14,19H,8-9H2,(H2,16,17,20)/t10-,12+,14+/m0/s1. The predicted octanol–water partition coefficient (Wildman–Crippen LogP) is 1.27. The van der Waals surface area contributed by atoms with E-state index in [9.17, 15) is 9.90 Å². The van der Waals surface area contributed by atoms with Gasteiger partial charge in [-0.3, -0.25) is 4.57 Å². The Hall–Kier alpha value is -1.83. The third-order valence-electron chi connectivity index (χ3n) is 3.51. The summed E-state index contributed by atoms with van der Waals surface area (Å²) in [5.41, 5.74) is 5.09. The number of nitrogens with two attached hydrogens (primary N) is 1. The molecule has 0 bridgehead atoms. The van der Waals surface area contributed by atoms with Crippen LogP contribution >= 0.6 is 11.8 Å². The van der Waals surface area contributed by atoms with Crippen LogP contribution in [0.1, 0.15) is 12.6 Å². The molecule has 2 aromatic rings. The second kappa shape index (κ2) is 6.51. The normalized spacial score (nSPS) is 24.5. The van der Waals surface area contributed by atoms with Crippen LogP contribution < -0.4 is 11.4 Å². The van der Waals surface area contributed by atoms with E-state index in [0.29, 0.717) is 6.42 Å². The lowest BCUT2D eigenvalue weighted by Gasteiger charge is -2.20. The predicted molar refractivity (Wildman–Crippen MR) is 84.6 cm³/mol. The third kappa shape index (κ3) is 3.16. The lowest BCUT2D eigenvalue weighted by Crippen LogP contribution is -2.31. The summed E-state index contributed by atoms with van der Waals surface area (Å²) in [5.74, 6) is 0.185. The van der Waals surface area contributed by atoms with Gasteiger partial charge in [0.1, 0.15) is 5.82 Å². The number of anilines is 1. The second-order valence-electron chi connectivity index (χ2n) is 5.08. The summed E-state index contributed by atoms with van der Waals surface area (Å²) in [4.78, 5) is 16.9. The van der Waals surface area contributed by atoms with E-state index in [2.05, 4.69) is 4.98 Å². The summed E-state index contributed by atoms with van der Waals surface area (Å²) in [6.07, 6.45) is 1.50. The van der Waals surface area contributed by atoms with Gasteiger partial charge in [-0.1, -0.05) is 18.2 Å². The van der Waals surface area contributed by atoms with Crippen molar-refractivity contribution in [1.82, 2.24) is 9.55 Å². The molecule has 0 radical (unpaired) electrons. The average Bonchev–Trinajstić information content (AvgIpc) is 2.91. The zero-order chi connectivity index (χ0) is 15.5. The molecular weight excluding hydrogens is 302 g/mol. The summed E-state index contributed by atoms with van der Waals surface area (Å²) >= 11 is 1.63. The van der Waals surface area contributed by atoms with Gasteiger partial charge in [-0.05, 0) is 24.6 Å². The number of benzene rings is 1. The van der Waals surface area contributed by atoms with Crippen molar-refractivity contribution in [2.75, 3.05) is 12.3 Å². The number of hydrogen-bond acceptors (Lipinski definition) is 6. The van der Waals surface area contributed by atoms with Crippen LogP contribution in [0.5, 0.6) is 0 Å². The highest BCUT2D eigenvalue weighted by Gasteiger charge is 2.37. The highest BCUT2D eigenvalue weighted by Crippen LogP contribution is 2.40. The second-order valence-corrected chi connectivity index (χ2v) is 6.39. The fourth-order valence-electron chi connectivity index (χ4n) is 2.48. The van der Waals surface area contributed by atoms with Crippen molar-refractivity contribution in [1.29, 1.82) is 0 Å². The quantitative estimate of drug-likeness (QED) is 0.882. The lowest BCUT2D eigenvalue weighted by atomic mass is 10.2. The highest BCUT2D eigenvalue weighted by molar-refractivity contribution is 8.00. The summed E-state index contributed by atoms with van der Waals surface area (Å²) in [7, 11) is 0. The first-order chi connectivity index (χ1) is 10.7. The Morgan fingerprint density at radius 1 is 1.36 bits per heavy atom. The molecule has 1 aromatic heterocycles. The number of rotatable bonds is 4. The Bertz CT molecular complexity index is 692. The molecular formula is C15H17N3O3S. The molecule has 1 fully saturated rings. The SMILES string of the molecule is Nc1ccn([C@@H]2O[C@H](CO)C[C@H]2Sc2ccccc2)c(=O)n1. The fraction of sp³-hybridized carbons (Fsp3) is 0.333. The van der Waals surface area contributed by atoms with Crippen molar-refractivity contribution < 1.29 is 9.84 Å². The molecule has 116 valence electrons. The van der Waals surface area contributed by atoms with Gasteiger partial charge < -0.3 is 15.6 Å². The number of nitrogen functional groups attached to an aromatic ring is 1. The summed E-state index contributed by atoms with van der Waals surface area (Å²) < 4.78 is 7.25. The number of aromatic nitrogens is 2. The van der Waals surface area contributed by atoms with Crippen LogP contribution in [0.25, 0.3) is 0 Å². The van der Waals surface area contributed by atoms with Gasteiger partial charge in [-0.2, -0.15) is 4.98 Å². The number of nitrogens with zero attached hydrogens (tertiary/aromatic N) is 2. The summed E-state index contributed by atoms with van der Waals surface area (Å²) in [6, 6.07) is 11.5. The monoisotopic (exact) mass is 319 g/mol. The smallest absolute Gasteiger partial charge is 0.351 e. The van der Waals surface area contributed by atoms with E-state index >= 15 is 0 Å². The van der Waals surface area contributed by atoms with Crippen LogP contribution in [0.4, 0.5) is 5.82 Å². The molecule has 6 nitrogen and oxygen atoms in total. The first-order valence-corrected chi connectivity index (χ1v) is 7.88. The third-order valence-corrected chi connectivity index (χ3v) is 4.78. The zero-order valence-corrected chi connectivity index (χ0v) is 12.6. The topological polar surface area (TPSA) is 90.4 Å². The first kappa shape index (κ1) is 15.1. The minimum atomic E-state index is -0.469. The molecule has 3 rings (SSSR count). The van der Waals surface area contributed by atoms with Gasteiger partial charge in [0.2, 0.25) is 0 Å². The molecule has 22 heavy (non-hydrogen) atoms. The highest BCUT2D eigenvalue weighted by atomic mass is 32.2. The molecule has 0 amide bonds. The Labute approximate surface area is 131 Å². The molecule has 1 aliphatic rings. The van der Waals surface area contributed by atoms with E-state index in [1.807, 2.05) is 30.3 Å². The van der Waals surface area contributed by atoms with E-state index in [1.54, 1.807) is 24.0 Å². The van der Waals surface area contributed by atoms with E-state index in [4.69, 9.17) is 10.5 Å². The maximum absolute atomic E-state index is 12.0. The number of hydrogen-bond donors (Lipinski definition) is 2.